The fraction of sp³-hybridized carbons (Fsp3) is 0.174. The Hall–Kier alpha value is -2.91. The Morgan fingerprint density at radius 2 is 1.50 bits per heavy atom. The summed E-state index contributed by atoms with van der Waals surface area (Å²) in [5.74, 6) is 1.08. The molecular formula is C23H22N2O. The van der Waals surface area contributed by atoms with Gasteiger partial charge >= 0.3 is 0 Å². The Balaban J connectivity index is 1.62. The fourth-order valence-corrected chi connectivity index (χ4v) is 3.32. The van der Waals surface area contributed by atoms with Crippen LogP contribution in [-0.4, -0.2) is 23.3 Å². The highest BCUT2D eigenvalue weighted by Gasteiger charge is 2.11. The normalized spacial score (nSPS) is 11.1. The maximum absolute atomic E-state index is 5.29. The molecule has 0 saturated heterocycles. The zero-order valence-electron chi connectivity index (χ0n) is 14.9. The summed E-state index contributed by atoms with van der Waals surface area (Å²) in [5, 5.41) is 0. The number of benzene rings is 3. The molecule has 0 atom stereocenters. The highest BCUT2D eigenvalue weighted by atomic mass is 16.5. The molecule has 1 heterocycles. The summed E-state index contributed by atoms with van der Waals surface area (Å²) in [5.41, 5.74) is 5.95. The topological polar surface area (TPSA) is 27.1 Å². The lowest BCUT2D eigenvalue weighted by Gasteiger charge is -2.09. The van der Waals surface area contributed by atoms with Gasteiger partial charge in [-0.2, -0.15) is 0 Å². The van der Waals surface area contributed by atoms with Crippen LogP contribution in [-0.2, 0) is 17.7 Å². The van der Waals surface area contributed by atoms with E-state index in [4.69, 9.17) is 9.72 Å². The largest absolute Gasteiger partial charge is 0.383 e. The molecular weight excluding hydrogens is 320 g/mol. The van der Waals surface area contributed by atoms with Gasteiger partial charge in [0.1, 0.15) is 5.82 Å². The summed E-state index contributed by atoms with van der Waals surface area (Å²) < 4.78 is 7.55. The second-order valence-electron chi connectivity index (χ2n) is 6.40. The van der Waals surface area contributed by atoms with Gasteiger partial charge in [-0.25, -0.2) is 4.98 Å². The third-order valence-corrected chi connectivity index (χ3v) is 4.68. The minimum absolute atomic E-state index is 0.681. The van der Waals surface area contributed by atoms with E-state index in [0.29, 0.717) is 6.61 Å². The maximum atomic E-state index is 5.29. The first-order valence-corrected chi connectivity index (χ1v) is 8.92. The lowest BCUT2D eigenvalue weighted by Crippen LogP contribution is -2.08. The third kappa shape index (κ3) is 3.39. The van der Waals surface area contributed by atoms with Gasteiger partial charge in [0.2, 0.25) is 0 Å². The van der Waals surface area contributed by atoms with Crippen LogP contribution in [0.1, 0.15) is 11.4 Å². The molecule has 4 aromatic rings. The van der Waals surface area contributed by atoms with E-state index in [9.17, 15) is 0 Å². The van der Waals surface area contributed by atoms with Crippen LogP contribution in [0.3, 0.4) is 0 Å². The predicted molar refractivity (Wildman–Crippen MR) is 106 cm³/mol. The van der Waals surface area contributed by atoms with Crippen LogP contribution in [0, 0.1) is 0 Å². The van der Waals surface area contributed by atoms with Crippen LogP contribution in [0.2, 0.25) is 0 Å². The van der Waals surface area contributed by atoms with Gasteiger partial charge in [0, 0.05) is 20.1 Å². The van der Waals surface area contributed by atoms with E-state index in [1.807, 2.05) is 12.1 Å². The molecule has 0 amide bonds. The van der Waals surface area contributed by atoms with E-state index in [2.05, 4.69) is 71.3 Å². The van der Waals surface area contributed by atoms with Gasteiger partial charge in [-0.1, -0.05) is 66.7 Å². The Kier molecular flexibility index (Phi) is 4.80. The third-order valence-electron chi connectivity index (χ3n) is 4.68. The summed E-state index contributed by atoms with van der Waals surface area (Å²) in [7, 11) is 1.74. The van der Waals surface area contributed by atoms with E-state index in [1.54, 1.807) is 7.11 Å². The smallest absolute Gasteiger partial charge is 0.114 e. The zero-order valence-corrected chi connectivity index (χ0v) is 14.9. The molecule has 0 aliphatic rings. The van der Waals surface area contributed by atoms with Crippen molar-refractivity contribution in [3.05, 3.63) is 90.3 Å². The molecule has 0 spiro atoms. The Labute approximate surface area is 153 Å². The molecule has 3 aromatic carbocycles. The number of hydrogen-bond acceptors (Lipinski definition) is 2. The van der Waals surface area contributed by atoms with E-state index >= 15 is 0 Å². The number of imidazole rings is 1. The zero-order chi connectivity index (χ0) is 17.8. The number of methoxy groups -OCH3 is 1. The number of rotatable bonds is 6. The molecule has 0 N–H and O–H groups in total. The van der Waals surface area contributed by atoms with E-state index < -0.39 is 0 Å². The van der Waals surface area contributed by atoms with Crippen LogP contribution in [0.15, 0.2) is 78.9 Å². The standard InChI is InChI=1S/C23H22N2O/c1-26-16-15-25-22-10-6-5-9-21(22)24-23(25)17-18-11-13-20(14-12-18)19-7-3-2-4-8-19/h2-14H,15-17H2,1H3. The molecule has 1 aromatic heterocycles. The van der Waals surface area contributed by atoms with Crippen molar-refractivity contribution in [3.63, 3.8) is 0 Å². The van der Waals surface area contributed by atoms with Gasteiger partial charge in [-0.05, 0) is 28.8 Å². The molecule has 4 rings (SSSR count). The lowest BCUT2D eigenvalue weighted by atomic mass is 10.0. The molecule has 3 nitrogen and oxygen atoms in total. The van der Waals surface area contributed by atoms with Gasteiger partial charge in [0.25, 0.3) is 0 Å². The van der Waals surface area contributed by atoms with Crippen LogP contribution in [0.4, 0.5) is 0 Å². The van der Waals surface area contributed by atoms with Crippen molar-refractivity contribution in [3.8, 4) is 11.1 Å². The van der Waals surface area contributed by atoms with Gasteiger partial charge in [0.15, 0.2) is 0 Å². The van der Waals surface area contributed by atoms with Crippen molar-refractivity contribution in [1.82, 2.24) is 9.55 Å². The van der Waals surface area contributed by atoms with Gasteiger partial charge < -0.3 is 9.30 Å². The Bertz CT molecular complexity index is 988. The molecule has 26 heavy (non-hydrogen) atoms. The van der Waals surface area contributed by atoms with Crippen LogP contribution < -0.4 is 0 Å². The van der Waals surface area contributed by atoms with Crippen molar-refractivity contribution in [1.29, 1.82) is 0 Å². The van der Waals surface area contributed by atoms with Gasteiger partial charge in [-0.3, -0.25) is 0 Å². The fourth-order valence-electron chi connectivity index (χ4n) is 3.32. The first-order chi connectivity index (χ1) is 12.8. The maximum Gasteiger partial charge on any atom is 0.114 e. The number of aromatic nitrogens is 2. The van der Waals surface area contributed by atoms with Crippen molar-refractivity contribution < 1.29 is 4.74 Å². The van der Waals surface area contributed by atoms with Crippen molar-refractivity contribution >= 4 is 11.0 Å². The van der Waals surface area contributed by atoms with E-state index in [0.717, 1.165) is 24.3 Å². The van der Waals surface area contributed by atoms with Crippen LogP contribution in [0.5, 0.6) is 0 Å². The van der Waals surface area contributed by atoms with Gasteiger partial charge in [-0.15, -0.1) is 0 Å². The van der Waals surface area contributed by atoms with E-state index in [1.165, 1.54) is 22.2 Å². The minimum Gasteiger partial charge on any atom is -0.383 e. The second-order valence-corrected chi connectivity index (χ2v) is 6.40. The highest BCUT2D eigenvalue weighted by Crippen LogP contribution is 2.22. The van der Waals surface area contributed by atoms with Crippen molar-refractivity contribution in [2.45, 2.75) is 13.0 Å². The van der Waals surface area contributed by atoms with Crippen LogP contribution in [0.25, 0.3) is 22.2 Å². The molecule has 0 saturated carbocycles. The number of hydrogen-bond donors (Lipinski definition) is 0. The summed E-state index contributed by atoms with van der Waals surface area (Å²) in [4.78, 5) is 4.85. The molecule has 0 aliphatic carbocycles. The lowest BCUT2D eigenvalue weighted by molar-refractivity contribution is 0.187. The average Bonchev–Trinajstić information content (AvgIpc) is 3.04. The molecule has 0 unspecified atom stereocenters. The SMILES string of the molecule is COCCn1c(Cc2ccc(-c3ccccc3)cc2)nc2ccccc21. The first kappa shape index (κ1) is 16.6. The number of fused-ring (bicyclic) bond motifs is 1. The molecule has 130 valence electrons. The van der Waals surface area contributed by atoms with E-state index in [-0.39, 0.29) is 0 Å². The Morgan fingerprint density at radius 1 is 0.808 bits per heavy atom. The molecule has 0 bridgehead atoms. The first-order valence-electron chi connectivity index (χ1n) is 8.92. The van der Waals surface area contributed by atoms with Crippen LogP contribution >= 0.6 is 0 Å². The molecule has 0 aliphatic heterocycles. The summed E-state index contributed by atoms with van der Waals surface area (Å²) >= 11 is 0. The quantitative estimate of drug-likeness (QED) is 0.496. The molecule has 0 radical (unpaired) electrons. The predicted octanol–water partition coefficient (Wildman–Crippen LogP) is 4.94. The minimum atomic E-state index is 0.681. The summed E-state index contributed by atoms with van der Waals surface area (Å²) in [6.07, 6.45) is 0.813. The monoisotopic (exact) mass is 342 g/mol. The van der Waals surface area contributed by atoms with Crippen molar-refractivity contribution in [2.24, 2.45) is 0 Å². The average molecular weight is 342 g/mol. The van der Waals surface area contributed by atoms with Gasteiger partial charge in [0.05, 0.1) is 17.6 Å². The number of nitrogens with zero attached hydrogens (tertiary/aromatic N) is 2. The number of para-hydroxylation sites is 2. The summed E-state index contributed by atoms with van der Waals surface area (Å²) in [6.45, 7) is 1.49. The molecule has 0 fully saturated rings. The summed E-state index contributed by atoms with van der Waals surface area (Å²) in [6, 6.07) is 27.5. The Morgan fingerprint density at radius 3 is 2.27 bits per heavy atom. The number of ether oxygens (including phenoxy) is 1. The molecule has 3 heteroatoms. The van der Waals surface area contributed by atoms with Crippen molar-refractivity contribution in [2.75, 3.05) is 13.7 Å². The highest BCUT2D eigenvalue weighted by molar-refractivity contribution is 5.76. The second kappa shape index (κ2) is 7.54.